The van der Waals surface area contributed by atoms with Gasteiger partial charge in [0.25, 0.3) is 0 Å². The summed E-state index contributed by atoms with van der Waals surface area (Å²) in [6.07, 6.45) is 0.971. The van der Waals surface area contributed by atoms with E-state index in [4.69, 9.17) is 0 Å². The lowest BCUT2D eigenvalue weighted by Gasteiger charge is -2.23. The van der Waals surface area contributed by atoms with Crippen molar-refractivity contribution < 1.29 is 0 Å². The molecule has 0 bridgehead atoms. The first-order valence-corrected chi connectivity index (χ1v) is 52.9. The number of benzene rings is 26. The predicted octanol–water partition coefficient (Wildman–Crippen LogP) is 41.1. The van der Waals surface area contributed by atoms with Gasteiger partial charge in [-0.1, -0.05) is 515 Å². The Morgan fingerprint density at radius 1 is 0.120 bits per heavy atom. The summed E-state index contributed by atoms with van der Waals surface area (Å²) in [7, 11) is 0. The Labute approximate surface area is 876 Å². The normalized spacial score (nSPS) is 13.3. The average Bonchev–Trinajstić information content (AvgIpc) is 1.66. The Morgan fingerprint density at radius 2 is 0.340 bits per heavy atom. The fraction of sp³-hybridized carbons (Fsp3) is 0.0667. The molecule has 0 aromatic heterocycles. The largest absolute Gasteiger partial charge is 0.0622 e. The van der Waals surface area contributed by atoms with E-state index in [1.807, 2.05) is 0 Å². The van der Waals surface area contributed by atoms with E-state index in [0.29, 0.717) is 0 Å². The van der Waals surface area contributed by atoms with Crippen LogP contribution in [-0.4, -0.2) is 0 Å². The highest BCUT2D eigenvalue weighted by molar-refractivity contribution is 6.26. The Hall–Kier alpha value is -18.2. The molecule has 0 N–H and O–H groups in total. The van der Waals surface area contributed by atoms with Crippen LogP contribution in [0.5, 0.6) is 0 Å². The van der Waals surface area contributed by atoms with Gasteiger partial charge in [0.05, 0.1) is 0 Å². The van der Waals surface area contributed by atoms with Gasteiger partial charge in [-0.15, -0.1) is 0 Å². The minimum absolute atomic E-state index is 0.0592. The van der Waals surface area contributed by atoms with Gasteiger partial charge in [0, 0.05) is 16.2 Å². The maximum atomic E-state index is 2.50. The molecule has 30 rings (SSSR count). The van der Waals surface area contributed by atoms with Crippen molar-refractivity contribution in [1.29, 1.82) is 0 Å². The molecule has 0 radical (unpaired) electrons. The Bertz CT molecular complexity index is 10000. The summed E-state index contributed by atoms with van der Waals surface area (Å²) in [5.41, 5.74) is 49.5. The number of fused-ring (bicyclic) bond motifs is 20. The van der Waals surface area contributed by atoms with Gasteiger partial charge in [0.1, 0.15) is 0 Å². The Kier molecular flexibility index (Phi) is 21.2. The second-order valence-corrected chi connectivity index (χ2v) is 43.0. The first kappa shape index (κ1) is 89.4. The highest BCUT2D eigenvalue weighted by Gasteiger charge is 2.40. The van der Waals surface area contributed by atoms with Crippen LogP contribution in [0.2, 0.25) is 0 Å². The topological polar surface area (TPSA) is 0 Å². The fourth-order valence-corrected chi connectivity index (χ4v) is 26.1. The third-order valence-electron chi connectivity index (χ3n) is 33.6. The molecular formula is C150H106. The maximum Gasteiger partial charge on any atom is 0.0159 e. The second kappa shape index (κ2) is 35.6. The van der Waals surface area contributed by atoms with E-state index in [1.165, 1.54) is 298 Å². The van der Waals surface area contributed by atoms with E-state index in [-0.39, 0.29) is 16.2 Å². The summed E-state index contributed by atoms with van der Waals surface area (Å²) >= 11 is 0. The van der Waals surface area contributed by atoms with Gasteiger partial charge in [-0.05, 0) is 353 Å². The highest BCUT2D eigenvalue weighted by atomic mass is 14.4. The summed E-state index contributed by atoms with van der Waals surface area (Å²) in [6, 6.07) is 194. The molecule has 706 valence electrons. The molecule has 0 saturated heterocycles. The van der Waals surface area contributed by atoms with Crippen LogP contribution in [0.3, 0.4) is 0 Å². The molecule has 0 amide bonds. The van der Waals surface area contributed by atoms with Crippen LogP contribution in [0, 0.1) is 0 Å². The monoisotopic (exact) mass is 1910 g/mol. The van der Waals surface area contributed by atoms with E-state index < -0.39 is 0 Å². The van der Waals surface area contributed by atoms with Crippen molar-refractivity contribution in [3.63, 3.8) is 0 Å². The second-order valence-electron chi connectivity index (χ2n) is 43.0. The zero-order chi connectivity index (χ0) is 100. The minimum Gasteiger partial charge on any atom is -0.0622 e. The van der Waals surface area contributed by atoms with Crippen molar-refractivity contribution in [2.75, 3.05) is 0 Å². The van der Waals surface area contributed by atoms with Crippen molar-refractivity contribution in [2.24, 2.45) is 0 Å². The van der Waals surface area contributed by atoms with Crippen LogP contribution in [0.15, 0.2) is 522 Å². The molecule has 0 heterocycles. The standard InChI is InChI=1S/C57H42.C55H38.C38H26/c1-56(2)50-19-11-9-15-42(50)44-26-21-35(32-52(44)56)34-22-28-48-49(31-34)55(37-23-25-41-39(30-37)29-36-13-5-6-14-40(36)41)47-18-8-7-17-46(47)54(48)38-24-27-45-43-16-10-12-20-51(43)57(3,4)53(45)33-38;1-55(2)51-18-10-9-15-45(51)46-29-28-44(34-52(46)55)54-48-17-8-7-16-47(48)53(38-23-19-37(20-24-38)41-25-21-35-11-3-5-13-39(35)31-41)50-33-43(27-30-49(50)54)42-26-22-36-12-4-6-14-40(36)32-42;1-4-12-27(13-5-1)29-20-22-31(23-21-29)38-34-19-11-10-18-33(34)37(30-16-8-3-9-17-30)35-25-24-32(26-36(35)38)28-14-6-2-7-15-28/h5-28,30-33H,29H2,1-4H3;3-34H,1-2H3;1-26H. The van der Waals surface area contributed by atoms with Gasteiger partial charge < -0.3 is 0 Å². The molecule has 0 saturated carbocycles. The third-order valence-corrected chi connectivity index (χ3v) is 33.6. The molecule has 26 aromatic carbocycles. The Balaban J connectivity index is 0.000000110. The van der Waals surface area contributed by atoms with Gasteiger partial charge >= 0.3 is 0 Å². The molecular weight excluding hydrogens is 1800 g/mol. The quantitative estimate of drug-likeness (QED) is 0.113. The smallest absolute Gasteiger partial charge is 0.0159 e. The van der Waals surface area contributed by atoms with Crippen LogP contribution >= 0.6 is 0 Å². The molecule has 0 atom stereocenters. The lowest BCUT2D eigenvalue weighted by Crippen LogP contribution is -2.14. The number of hydrogen-bond donors (Lipinski definition) is 0. The van der Waals surface area contributed by atoms with Gasteiger partial charge in [-0.2, -0.15) is 0 Å². The van der Waals surface area contributed by atoms with Crippen molar-refractivity contribution in [3.8, 4) is 167 Å². The summed E-state index contributed by atoms with van der Waals surface area (Å²) in [6.45, 7) is 14.3. The van der Waals surface area contributed by atoms with E-state index in [1.54, 1.807) is 0 Å². The maximum absolute atomic E-state index is 2.50. The van der Waals surface area contributed by atoms with Crippen LogP contribution in [0.25, 0.3) is 253 Å². The highest BCUT2D eigenvalue weighted by Crippen LogP contribution is 2.58. The molecule has 0 nitrogen and oxygen atoms in total. The lowest BCUT2D eigenvalue weighted by atomic mass is 9.80. The molecule has 0 spiro atoms. The molecule has 0 unspecified atom stereocenters. The van der Waals surface area contributed by atoms with Crippen LogP contribution < -0.4 is 0 Å². The summed E-state index contributed by atoms with van der Waals surface area (Å²) in [5.74, 6) is 0. The van der Waals surface area contributed by atoms with E-state index in [2.05, 4.69) is 563 Å². The van der Waals surface area contributed by atoms with Crippen LogP contribution in [0.1, 0.15) is 86.1 Å². The molecule has 4 aliphatic rings. The minimum atomic E-state index is -0.0798. The van der Waals surface area contributed by atoms with E-state index in [0.717, 1.165) is 6.42 Å². The molecule has 26 aromatic rings. The van der Waals surface area contributed by atoms with Crippen molar-refractivity contribution in [3.05, 3.63) is 566 Å². The van der Waals surface area contributed by atoms with Crippen LogP contribution in [0.4, 0.5) is 0 Å². The first-order chi connectivity index (χ1) is 73.6. The molecule has 0 fully saturated rings. The zero-order valence-electron chi connectivity index (χ0n) is 84.9. The zero-order valence-corrected chi connectivity index (χ0v) is 84.9. The Morgan fingerprint density at radius 3 is 0.760 bits per heavy atom. The number of rotatable bonds is 11. The summed E-state index contributed by atoms with van der Waals surface area (Å²) in [4.78, 5) is 0. The van der Waals surface area contributed by atoms with E-state index >= 15 is 0 Å². The SMILES string of the molecule is CC1(C)c2ccccc2-c2ccc(-c3c4ccccc4c(-c4ccc(-c5ccc6ccccc6c5)cc4)c4cc(-c5ccc6ccccc6c5)ccc34)cc21.CC1(C)c2ccccc2-c2ccc(-c3ccc4c(-c5ccc6c(c5)C(C)(C)c5ccccc5-6)c5ccccc5c(-c5ccc6c(c5)Cc5ccccc5-6)c4c3)cc21.c1ccc(-c2ccc(-c3c4ccccc4c(-c4ccccc4)c4ccc(-c5ccccc5)cc34)cc2)cc1. The first-order valence-electron chi connectivity index (χ1n) is 52.9. The van der Waals surface area contributed by atoms with Gasteiger partial charge in [-0.3, -0.25) is 0 Å². The molecule has 0 heteroatoms. The van der Waals surface area contributed by atoms with Gasteiger partial charge in [0.2, 0.25) is 0 Å². The van der Waals surface area contributed by atoms with E-state index in [9.17, 15) is 0 Å². The van der Waals surface area contributed by atoms with Crippen molar-refractivity contribution >= 4 is 86.2 Å². The van der Waals surface area contributed by atoms with Crippen LogP contribution in [-0.2, 0) is 22.7 Å². The predicted molar refractivity (Wildman–Crippen MR) is 640 cm³/mol. The number of hydrogen-bond acceptors (Lipinski definition) is 0. The third kappa shape index (κ3) is 14.8. The summed E-state index contributed by atoms with van der Waals surface area (Å²) < 4.78 is 0. The van der Waals surface area contributed by atoms with Crippen molar-refractivity contribution in [2.45, 2.75) is 64.2 Å². The summed E-state index contributed by atoms with van der Waals surface area (Å²) in [5, 5.41) is 20.4. The average molecular weight is 1910 g/mol. The van der Waals surface area contributed by atoms with Gasteiger partial charge in [-0.25, -0.2) is 0 Å². The molecule has 150 heavy (non-hydrogen) atoms. The molecule has 4 aliphatic carbocycles. The molecule has 0 aliphatic heterocycles. The fourth-order valence-electron chi connectivity index (χ4n) is 26.1. The van der Waals surface area contributed by atoms with Gasteiger partial charge in [0.15, 0.2) is 0 Å². The lowest BCUT2D eigenvalue weighted by molar-refractivity contribution is 0.660. The van der Waals surface area contributed by atoms with Crippen molar-refractivity contribution in [1.82, 2.24) is 0 Å².